The van der Waals surface area contributed by atoms with E-state index in [0.29, 0.717) is 11.5 Å². The van der Waals surface area contributed by atoms with Crippen molar-refractivity contribution < 1.29 is 33.1 Å². The van der Waals surface area contributed by atoms with Crippen molar-refractivity contribution in [2.45, 2.75) is 20.1 Å². The third kappa shape index (κ3) is 3.47. The normalized spacial score (nSPS) is 21.4. The first-order chi connectivity index (χ1) is 11.0. The highest BCUT2D eigenvalue weighted by atomic mass is 19.3. The topological polar surface area (TPSA) is 110 Å². The number of rotatable bonds is 5. The van der Waals surface area contributed by atoms with Gasteiger partial charge in [-0.05, 0) is 26.0 Å². The van der Waals surface area contributed by atoms with Gasteiger partial charge in [0, 0.05) is 11.1 Å². The molecule has 0 spiro atoms. The van der Waals surface area contributed by atoms with Gasteiger partial charge >= 0.3 is 12.0 Å². The summed E-state index contributed by atoms with van der Waals surface area (Å²) in [5, 5.41) is 5.77. The Morgan fingerprint density at radius 2 is 2.26 bits per heavy atom. The molecule has 0 radical (unpaired) electrons. The van der Waals surface area contributed by atoms with E-state index >= 15 is 0 Å². The minimum absolute atomic E-state index is 0.00237. The predicted octanol–water partition coefficient (Wildman–Crippen LogP) is 0.880. The van der Waals surface area contributed by atoms with Crippen molar-refractivity contribution in [1.29, 1.82) is 0 Å². The number of hydrogen-bond donors (Lipinski definition) is 1. The zero-order chi connectivity index (χ0) is 17.0. The van der Waals surface area contributed by atoms with Crippen LogP contribution in [-0.4, -0.2) is 41.8 Å². The van der Waals surface area contributed by atoms with Crippen molar-refractivity contribution in [3.63, 3.8) is 0 Å². The molecule has 1 aromatic heterocycles. The van der Waals surface area contributed by atoms with Gasteiger partial charge in [0.15, 0.2) is 5.92 Å². The molecule has 1 aliphatic rings. The number of halogens is 1. The monoisotopic (exact) mass is 327 g/mol. The molecule has 3 amide bonds. The standard InChI is InChI=1S/C13H14FN3O6/c1-3-17-11(18)9(12(19)22-14)10(16-13(17)20)23-15-6-8-5-4-7(2)21-8/h4-6,9-10H,3H2,1-2H3,(H,16,20). The predicted molar refractivity (Wildman–Crippen MR) is 72.5 cm³/mol. The quantitative estimate of drug-likeness (QED) is 0.488. The van der Waals surface area contributed by atoms with Gasteiger partial charge in [-0.1, -0.05) is 5.16 Å². The Labute approximate surface area is 129 Å². The van der Waals surface area contributed by atoms with Crippen LogP contribution in [0.3, 0.4) is 0 Å². The van der Waals surface area contributed by atoms with Gasteiger partial charge < -0.3 is 9.25 Å². The molecule has 1 aliphatic heterocycles. The minimum atomic E-state index is -1.70. The Kier molecular flexibility index (Phi) is 4.94. The van der Waals surface area contributed by atoms with Crippen LogP contribution in [0.4, 0.5) is 9.32 Å². The Morgan fingerprint density at radius 3 is 2.83 bits per heavy atom. The molecule has 0 bridgehead atoms. The van der Waals surface area contributed by atoms with Gasteiger partial charge in [0.05, 0.1) is 0 Å². The van der Waals surface area contributed by atoms with Gasteiger partial charge in [0.2, 0.25) is 6.23 Å². The van der Waals surface area contributed by atoms with Crippen LogP contribution >= 0.6 is 0 Å². The molecule has 0 aliphatic carbocycles. The number of amides is 3. The van der Waals surface area contributed by atoms with Gasteiger partial charge in [-0.3, -0.25) is 20.0 Å². The second kappa shape index (κ2) is 6.90. The van der Waals surface area contributed by atoms with E-state index in [1.807, 2.05) is 0 Å². The van der Waals surface area contributed by atoms with E-state index in [4.69, 9.17) is 9.25 Å². The highest BCUT2D eigenvalue weighted by molar-refractivity contribution is 6.07. The lowest BCUT2D eigenvalue weighted by atomic mass is 10.0. The van der Waals surface area contributed by atoms with Crippen LogP contribution in [0, 0.1) is 12.8 Å². The first-order valence-electron chi connectivity index (χ1n) is 6.67. The molecule has 2 heterocycles. The van der Waals surface area contributed by atoms with Crippen LogP contribution in [0.15, 0.2) is 21.7 Å². The average molecular weight is 327 g/mol. The largest absolute Gasteiger partial charge is 0.460 e. The van der Waals surface area contributed by atoms with E-state index in [0.717, 1.165) is 4.90 Å². The highest BCUT2D eigenvalue weighted by Crippen LogP contribution is 2.18. The van der Waals surface area contributed by atoms with E-state index in [2.05, 4.69) is 15.4 Å². The zero-order valence-electron chi connectivity index (χ0n) is 12.3. The number of carbonyl (C=O) groups excluding carboxylic acids is 3. The van der Waals surface area contributed by atoms with Crippen LogP contribution < -0.4 is 5.32 Å². The molecule has 23 heavy (non-hydrogen) atoms. The lowest BCUT2D eigenvalue weighted by Crippen LogP contribution is -2.62. The molecule has 1 aromatic rings. The third-order valence-electron chi connectivity index (χ3n) is 3.11. The Morgan fingerprint density at radius 1 is 1.52 bits per heavy atom. The SMILES string of the molecule is CCN1C(=O)NC(ON=Cc2ccc(C)o2)C(C(=O)OF)C1=O. The molecule has 2 rings (SSSR count). The Bertz CT molecular complexity index is 643. The smallest absolute Gasteiger partial charge is 0.367 e. The van der Waals surface area contributed by atoms with E-state index < -0.39 is 30.1 Å². The van der Waals surface area contributed by atoms with E-state index in [1.165, 1.54) is 13.1 Å². The summed E-state index contributed by atoms with van der Waals surface area (Å²) < 4.78 is 17.4. The summed E-state index contributed by atoms with van der Waals surface area (Å²) in [5.74, 6) is -3.12. The number of nitrogens with one attached hydrogen (secondary N) is 1. The van der Waals surface area contributed by atoms with Gasteiger partial charge in [-0.15, -0.1) is 0 Å². The highest BCUT2D eigenvalue weighted by Gasteiger charge is 2.48. The maximum Gasteiger partial charge on any atom is 0.367 e. The summed E-state index contributed by atoms with van der Waals surface area (Å²) >= 11 is 0. The molecule has 9 nitrogen and oxygen atoms in total. The molecular formula is C13H14FN3O6. The maximum absolute atomic E-state index is 12.2. The van der Waals surface area contributed by atoms with Crippen LogP contribution in [-0.2, 0) is 19.4 Å². The van der Waals surface area contributed by atoms with Crippen LogP contribution in [0.2, 0.25) is 0 Å². The van der Waals surface area contributed by atoms with Crippen LogP contribution in [0.1, 0.15) is 18.4 Å². The number of hydrogen-bond acceptors (Lipinski definition) is 7. The average Bonchev–Trinajstić information content (AvgIpc) is 2.92. The number of oxime groups is 1. The Hall–Kier alpha value is -2.91. The van der Waals surface area contributed by atoms with Crippen molar-refractivity contribution in [2.75, 3.05) is 6.54 Å². The molecule has 0 saturated carbocycles. The van der Waals surface area contributed by atoms with Crippen LogP contribution in [0.25, 0.3) is 0 Å². The van der Waals surface area contributed by atoms with Gasteiger partial charge in [0.1, 0.15) is 17.7 Å². The summed E-state index contributed by atoms with van der Waals surface area (Å²) in [6.07, 6.45) is -0.318. The first-order valence-corrected chi connectivity index (χ1v) is 6.67. The molecule has 124 valence electrons. The van der Waals surface area contributed by atoms with Crippen molar-refractivity contribution in [2.24, 2.45) is 11.1 Å². The molecular weight excluding hydrogens is 313 g/mol. The number of furan rings is 1. The van der Waals surface area contributed by atoms with Crippen molar-refractivity contribution in [3.05, 3.63) is 23.7 Å². The summed E-state index contributed by atoms with van der Waals surface area (Å²) in [6.45, 7) is 3.25. The summed E-state index contributed by atoms with van der Waals surface area (Å²) in [7, 11) is 0. The molecule has 1 N–H and O–H groups in total. The van der Waals surface area contributed by atoms with E-state index in [9.17, 15) is 18.9 Å². The fourth-order valence-electron chi connectivity index (χ4n) is 2.01. The fraction of sp³-hybridized carbons (Fsp3) is 0.385. The van der Waals surface area contributed by atoms with Crippen molar-refractivity contribution in [1.82, 2.24) is 10.2 Å². The van der Waals surface area contributed by atoms with Gasteiger partial charge in [0.25, 0.3) is 5.91 Å². The van der Waals surface area contributed by atoms with Crippen LogP contribution in [0.5, 0.6) is 0 Å². The number of imide groups is 1. The molecule has 2 atom stereocenters. The molecule has 2 unspecified atom stereocenters. The van der Waals surface area contributed by atoms with Crippen molar-refractivity contribution in [3.8, 4) is 0 Å². The van der Waals surface area contributed by atoms with Gasteiger partial charge in [-0.25, -0.2) is 9.59 Å². The first kappa shape index (κ1) is 16.5. The molecule has 1 saturated heterocycles. The fourth-order valence-corrected chi connectivity index (χ4v) is 2.01. The van der Waals surface area contributed by atoms with Gasteiger partial charge in [-0.2, -0.15) is 0 Å². The summed E-state index contributed by atoms with van der Waals surface area (Å²) in [5.41, 5.74) is 0. The van der Waals surface area contributed by atoms with Crippen molar-refractivity contribution >= 4 is 24.1 Å². The summed E-state index contributed by atoms with van der Waals surface area (Å²) in [6, 6.07) is 2.52. The summed E-state index contributed by atoms with van der Waals surface area (Å²) in [4.78, 5) is 44.0. The number of aryl methyl sites for hydroxylation is 1. The lowest BCUT2D eigenvalue weighted by molar-refractivity contribution is -0.198. The lowest BCUT2D eigenvalue weighted by Gasteiger charge is -2.33. The molecule has 10 heteroatoms. The number of nitrogens with zero attached hydrogens (tertiary/aromatic N) is 2. The zero-order valence-corrected chi connectivity index (χ0v) is 12.3. The number of urea groups is 1. The minimum Gasteiger partial charge on any atom is -0.460 e. The number of carbonyl (C=O) groups is 3. The second-order valence-electron chi connectivity index (χ2n) is 4.61. The van der Waals surface area contributed by atoms with E-state index in [1.54, 1.807) is 19.1 Å². The molecule has 1 fully saturated rings. The Balaban J connectivity index is 2.13. The van der Waals surface area contributed by atoms with E-state index in [-0.39, 0.29) is 6.54 Å². The molecule has 0 aromatic carbocycles. The second-order valence-corrected chi connectivity index (χ2v) is 4.61. The maximum atomic E-state index is 12.2. The third-order valence-corrected chi connectivity index (χ3v) is 3.11.